The maximum absolute atomic E-state index is 5.53. The fourth-order valence-electron chi connectivity index (χ4n) is 4.23. The van der Waals surface area contributed by atoms with Crippen LogP contribution in [0.1, 0.15) is 68.5 Å². The molecule has 2 N–H and O–H groups in total. The molecule has 1 aromatic heterocycles. The number of rotatable bonds is 10. The summed E-state index contributed by atoms with van der Waals surface area (Å²) in [5.41, 5.74) is 2.33. The lowest BCUT2D eigenvalue weighted by atomic mass is 9.99. The number of hydrogen-bond acceptors (Lipinski definition) is 5. The number of nitrogens with one attached hydrogen (secondary N) is 2. The molecule has 3 rings (SSSR count). The van der Waals surface area contributed by atoms with Gasteiger partial charge in [0.1, 0.15) is 5.75 Å². The first kappa shape index (κ1) is 23.1. The Morgan fingerprint density at radius 2 is 1.87 bits per heavy atom. The van der Waals surface area contributed by atoms with Gasteiger partial charge in [0.15, 0.2) is 11.7 Å². The third-order valence-corrected chi connectivity index (χ3v) is 6.18. The fraction of sp³-hybridized carbons (Fsp3) is 0.583. The first-order chi connectivity index (χ1) is 15.2. The zero-order valence-corrected chi connectivity index (χ0v) is 19.4. The van der Waals surface area contributed by atoms with Crippen LogP contribution in [0.5, 0.6) is 5.75 Å². The average molecular weight is 428 g/mol. The molecule has 170 valence electrons. The van der Waals surface area contributed by atoms with Gasteiger partial charge in [-0.3, -0.25) is 9.89 Å². The second-order valence-electron chi connectivity index (χ2n) is 8.07. The summed E-state index contributed by atoms with van der Waals surface area (Å²) in [7, 11) is 3.50. The quantitative estimate of drug-likeness (QED) is 0.439. The summed E-state index contributed by atoms with van der Waals surface area (Å²) in [6.07, 6.45) is 4.65. The highest BCUT2D eigenvalue weighted by atomic mass is 16.5. The van der Waals surface area contributed by atoms with Crippen LogP contribution in [0.4, 0.5) is 0 Å². The molecular formula is C24H37N5O2. The van der Waals surface area contributed by atoms with Crippen molar-refractivity contribution in [3.8, 4) is 5.75 Å². The van der Waals surface area contributed by atoms with E-state index < -0.39 is 0 Å². The van der Waals surface area contributed by atoms with E-state index in [0.29, 0.717) is 18.5 Å². The van der Waals surface area contributed by atoms with Gasteiger partial charge in [-0.05, 0) is 56.5 Å². The second kappa shape index (κ2) is 11.7. The molecule has 1 aliphatic heterocycles. The number of ether oxygens (including phenoxy) is 1. The average Bonchev–Trinajstić information content (AvgIpc) is 3.50. The molecule has 0 aliphatic carbocycles. The van der Waals surface area contributed by atoms with Crippen molar-refractivity contribution in [1.29, 1.82) is 0 Å². The zero-order valence-electron chi connectivity index (χ0n) is 19.4. The Kier molecular flexibility index (Phi) is 8.76. The number of nitrogens with zero attached hydrogens (tertiary/aromatic N) is 3. The predicted molar refractivity (Wildman–Crippen MR) is 125 cm³/mol. The summed E-state index contributed by atoms with van der Waals surface area (Å²) in [5.74, 6) is 2.93. The molecular weight excluding hydrogens is 390 g/mol. The predicted octanol–water partition coefficient (Wildman–Crippen LogP) is 4.09. The van der Waals surface area contributed by atoms with E-state index in [9.17, 15) is 0 Å². The lowest BCUT2D eigenvalue weighted by molar-refractivity contribution is 0.245. The van der Waals surface area contributed by atoms with Crippen molar-refractivity contribution in [3.05, 3.63) is 47.3 Å². The van der Waals surface area contributed by atoms with Crippen LogP contribution in [0.2, 0.25) is 0 Å². The first-order valence-corrected chi connectivity index (χ1v) is 11.5. The third-order valence-electron chi connectivity index (χ3n) is 6.18. The minimum atomic E-state index is 0.290. The van der Waals surface area contributed by atoms with E-state index in [1.807, 2.05) is 12.1 Å². The number of aromatic nitrogens is 1. The molecule has 0 amide bonds. The highest BCUT2D eigenvalue weighted by molar-refractivity contribution is 5.79. The maximum atomic E-state index is 5.53. The molecule has 0 saturated carbocycles. The summed E-state index contributed by atoms with van der Waals surface area (Å²) < 4.78 is 10.8. The van der Waals surface area contributed by atoms with Gasteiger partial charge < -0.3 is 19.9 Å². The Morgan fingerprint density at radius 1 is 1.16 bits per heavy atom. The van der Waals surface area contributed by atoms with Crippen molar-refractivity contribution < 1.29 is 9.26 Å². The van der Waals surface area contributed by atoms with Gasteiger partial charge >= 0.3 is 0 Å². The number of hydrogen-bond donors (Lipinski definition) is 2. The number of benzene rings is 1. The number of aliphatic imine (C=N–C) groups is 1. The van der Waals surface area contributed by atoms with E-state index in [1.54, 1.807) is 14.2 Å². The van der Waals surface area contributed by atoms with Gasteiger partial charge in [0.25, 0.3) is 0 Å². The molecule has 1 atom stereocenters. The van der Waals surface area contributed by atoms with E-state index in [2.05, 4.69) is 57.7 Å². The molecule has 1 fully saturated rings. The van der Waals surface area contributed by atoms with Crippen LogP contribution < -0.4 is 15.4 Å². The van der Waals surface area contributed by atoms with Crippen LogP contribution >= 0.6 is 0 Å². The highest BCUT2D eigenvalue weighted by Gasteiger charge is 2.24. The molecule has 7 nitrogen and oxygen atoms in total. The Labute approximate surface area is 186 Å². The summed E-state index contributed by atoms with van der Waals surface area (Å²) in [5, 5.41) is 11.1. The summed E-state index contributed by atoms with van der Waals surface area (Å²) >= 11 is 0. The van der Waals surface area contributed by atoms with Gasteiger partial charge in [0, 0.05) is 25.6 Å². The lowest BCUT2D eigenvalue weighted by Crippen LogP contribution is -2.42. The largest absolute Gasteiger partial charge is 0.497 e. The van der Waals surface area contributed by atoms with Gasteiger partial charge in [0.05, 0.1) is 25.4 Å². The van der Waals surface area contributed by atoms with Crippen molar-refractivity contribution in [3.63, 3.8) is 0 Å². The molecule has 1 aromatic carbocycles. The van der Waals surface area contributed by atoms with Crippen LogP contribution in [0, 0.1) is 0 Å². The molecule has 1 aliphatic rings. The van der Waals surface area contributed by atoms with Crippen LogP contribution in [0.25, 0.3) is 0 Å². The smallest absolute Gasteiger partial charge is 0.191 e. The Balaban J connectivity index is 1.59. The van der Waals surface area contributed by atoms with Crippen molar-refractivity contribution in [2.75, 3.05) is 33.8 Å². The van der Waals surface area contributed by atoms with E-state index >= 15 is 0 Å². The van der Waals surface area contributed by atoms with Crippen LogP contribution in [0.3, 0.4) is 0 Å². The second-order valence-corrected chi connectivity index (χ2v) is 8.07. The topological polar surface area (TPSA) is 74.9 Å². The van der Waals surface area contributed by atoms with E-state index in [4.69, 9.17) is 9.26 Å². The SMILES string of the molecule is CCC(CC)c1cc(CNC(=NC)NCC(c2ccc(OC)cc2)N2CCCC2)on1. The van der Waals surface area contributed by atoms with Crippen molar-refractivity contribution in [1.82, 2.24) is 20.7 Å². The van der Waals surface area contributed by atoms with E-state index in [0.717, 1.165) is 55.6 Å². The Bertz CT molecular complexity index is 808. The molecule has 0 spiro atoms. The van der Waals surface area contributed by atoms with E-state index in [1.165, 1.54) is 18.4 Å². The normalized spacial score (nSPS) is 16.0. The molecule has 7 heteroatoms. The van der Waals surface area contributed by atoms with Crippen LogP contribution in [-0.2, 0) is 6.54 Å². The summed E-state index contributed by atoms with van der Waals surface area (Å²) in [4.78, 5) is 6.93. The van der Waals surface area contributed by atoms with Gasteiger partial charge in [-0.25, -0.2) is 0 Å². The summed E-state index contributed by atoms with van der Waals surface area (Å²) in [6.45, 7) is 7.96. The molecule has 0 radical (unpaired) electrons. The molecule has 2 heterocycles. The number of guanidine groups is 1. The minimum absolute atomic E-state index is 0.290. The number of methoxy groups -OCH3 is 1. The Morgan fingerprint density at radius 3 is 2.48 bits per heavy atom. The molecule has 0 bridgehead atoms. The maximum Gasteiger partial charge on any atom is 0.191 e. The fourth-order valence-corrected chi connectivity index (χ4v) is 4.23. The van der Waals surface area contributed by atoms with E-state index in [-0.39, 0.29) is 0 Å². The van der Waals surface area contributed by atoms with Crippen molar-refractivity contribution >= 4 is 5.96 Å². The Hall–Kier alpha value is -2.54. The monoisotopic (exact) mass is 427 g/mol. The third kappa shape index (κ3) is 6.23. The van der Waals surface area contributed by atoms with Gasteiger partial charge in [-0.1, -0.05) is 31.1 Å². The van der Waals surface area contributed by atoms with Crippen molar-refractivity contribution in [2.45, 2.75) is 58.0 Å². The standard InChI is InChI=1S/C24H37N5O2/c1-5-18(6-2)22-15-21(31-28-22)16-26-24(25-3)27-17-23(29-13-7-8-14-29)19-9-11-20(30-4)12-10-19/h9-12,15,18,23H,5-8,13-14,16-17H2,1-4H3,(H2,25,26,27). The van der Waals surface area contributed by atoms with Gasteiger partial charge in [0.2, 0.25) is 0 Å². The molecule has 1 unspecified atom stereocenters. The summed E-state index contributed by atoms with van der Waals surface area (Å²) in [6, 6.07) is 10.7. The van der Waals surface area contributed by atoms with Crippen molar-refractivity contribution in [2.24, 2.45) is 4.99 Å². The zero-order chi connectivity index (χ0) is 22.1. The van der Waals surface area contributed by atoms with Gasteiger partial charge in [-0.2, -0.15) is 0 Å². The highest BCUT2D eigenvalue weighted by Crippen LogP contribution is 2.26. The molecule has 31 heavy (non-hydrogen) atoms. The molecule has 2 aromatic rings. The van der Waals surface area contributed by atoms with Gasteiger partial charge in [-0.15, -0.1) is 0 Å². The lowest BCUT2D eigenvalue weighted by Gasteiger charge is -2.29. The minimum Gasteiger partial charge on any atom is -0.497 e. The van der Waals surface area contributed by atoms with Crippen LogP contribution in [0.15, 0.2) is 39.8 Å². The molecule has 1 saturated heterocycles. The van der Waals surface area contributed by atoms with Crippen LogP contribution in [-0.4, -0.2) is 49.8 Å². The number of likely N-dealkylation sites (tertiary alicyclic amines) is 1. The first-order valence-electron chi connectivity index (χ1n) is 11.5.